The molecule has 4 heteroatoms. The molecule has 1 aromatic carbocycles. The Hall–Kier alpha value is -1.13. The van der Waals surface area contributed by atoms with Gasteiger partial charge in [0.1, 0.15) is 4.99 Å². The third-order valence-electron chi connectivity index (χ3n) is 3.32. The molecule has 1 heterocycles. The third kappa shape index (κ3) is 3.21. The van der Waals surface area contributed by atoms with E-state index in [4.69, 9.17) is 22.7 Å². The zero-order valence-electron chi connectivity index (χ0n) is 10.7. The molecule has 1 saturated heterocycles. The number of benzene rings is 1. The van der Waals surface area contributed by atoms with Crippen molar-refractivity contribution in [2.75, 3.05) is 18.5 Å². The molecule has 2 rings (SSSR count). The minimum absolute atomic E-state index is 0.303. The molecular formula is C14H20N2OS. The predicted molar refractivity (Wildman–Crippen MR) is 79.1 cm³/mol. The Morgan fingerprint density at radius 2 is 2.33 bits per heavy atom. The van der Waals surface area contributed by atoms with Crippen LogP contribution in [0.2, 0.25) is 0 Å². The summed E-state index contributed by atoms with van der Waals surface area (Å²) in [5.41, 5.74) is 8.87. The van der Waals surface area contributed by atoms with Gasteiger partial charge in [-0.15, -0.1) is 0 Å². The molecule has 18 heavy (non-hydrogen) atoms. The van der Waals surface area contributed by atoms with E-state index in [1.807, 2.05) is 12.1 Å². The van der Waals surface area contributed by atoms with E-state index in [1.165, 1.54) is 12.8 Å². The first-order valence-corrected chi connectivity index (χ1v) is 6.84. The molecule has 1 aliphatic heterocycles. The van der Waals surface area contributed by atoms with Gasteiger partial charge in [-0.05, 0) is 37.8 Å². The Morgan fingerprint density at radius 1 is 1.50 bits per heavy atom. The Morgan fingerprint density at radius 3 is 3.00 bits per heavy atom. The largest absolute Gasteiger partial charge is 0.389 e. The molecule has 0 radical (unpaired) electrons. The second kappa shape index (κ2) is 6.16. The molecule has 1 atom stereocenters. The predicted octanol–water partition coefficient (Wildman–Crippen LogP) is 2.61. The first-order chi connectivity index (χ1) is 8.68. The van der Waals surface area contributed by atoms with Gasteiger partial charge in [0.2, 0.25) is 0 Å². The van der Waals surface area contributed by atoms with Gasteiger partial charge in [0.25, 0.3) is 0 Å². The number of rotatable bonds is 4. The summed E-state index contributed by atoms with van der Waals surface area (Å²) in [5.74, 6) is 0. The smallest absolute Gasteiger partial charge is 0.106 e. The van der Waals surface area contributed by atoms with Gasteiger partial charge < -0.3 is 15.8 Å². The molecule has 0 bridgehead atoms. The van der Waals surface area contributed by atoms with Crippen molar-refractivity contribution >= 4 is 22.9 Å². The summed E-state index contributed by atoms with van der Waals surface area (Å²) in [6, 6.07) is 6.00. The van der Waals surface area contributed by atoms with Crippen molar-refractivity contribution in [2.45, 2.75) is 32.3 Å². The van der Waals surface area contributed by atoms with Crippen molar-refractivity contribution in [3.05, 3.63) is 29.3 Å². The molecule has 1 unspecified atom stereocenters. The molecule has 1 aromatic rings. The summed E-state index contributed by atoms with van der Waals surface area (Å²) in [7, 11) is 0. The number of anilines is 1. The second-order valence-corrected chi connectivity index (χ2v) is 5.17. The summed E-state index contributed by atoms with van der Waals surface area (Å²) in [5, 5.41) is 3.44. The van der Waals surface area contributed by atoms with E-state index in [1.54, 1.807) is 0 Å². The molecule has 3 nitrogen and oxygen atoms in total. The molecule has 0 spiro atoms. The van der Waals surface area contributed by atoms with Crippen molar-refractivity contribution in [3.63, 3.8) is 0 Å². The number of para-hydroxylation sites is 1. The van der Waals surface area contributed by atoms with Crippen molar-refractivity contribution in [1.82, 2.24) is 0 Å². The minimum Gasteiger partial charge on any atom is -0.389 e. The average molecular weight is 264 g/mol. The summed E-state index contributed by atoms with van der Waals surface area (Å²) in [4.78, 5) is 0.436. The first-order valence-electron chi connectivity index (χ1n) is 6.43. The molecule has 0 aliphatic carbocycles. The highest BCUT2D eigenvalue weighted by Crippen LogP contribution is 2.21. The Bertz CT molecular complexity index is 428. The van der Waals surface area contributed by atoms with Crippen LogP contribution in [-0.4, -0.2) is 24.2 Å². The molecule has 0 aromatic heterocycles. The first kappa shape index (κ1) is 13.3. The van der Waals surface area contributed by atoms with Gasteiger partial charge in [-0.1, -0.05) is 24.4 Å². The van der Waals surface area contributed by atoms with Crippen molar-refractivity contribution < 1.29 is 4.74 Å². The Balaban J connectivity index is 2.05. The SMILES string of the molecule is Cc1cccc(C(N)=S)c1NCC1CCCCO1. The van der Waals surface area contributed by atoms with Crippen LogP contribution in [-0.2, 0) is 4.74 Å². The van der Waals surface area contributed by atoms with Crippen LogP contribution in [0.25, 0.3) is 0 Å². The summed E-state index contributed by atoms with van der Waals surface area (Å²) >= 11 is 5.09. The van der Waals surface area contributed by atoms with Gasteiger partial charge in [0.05, 0.1) is 6.10 Å². The quantitative estimate of drug-likeness (QED) is 0.821. The summed E-state index contributed by atoms with van der Waals surface area (Å²) < 4.78 is 5.71. The summed E-state index contributed by atoms with van der Waals surface area (Å²) in [6.45, 7) is 3.76. The lowest BCUT2D eigenvalue weighted by molar-refractivity contribution is 0.0247. The van der Waals surface area contributed by atoms with Gasteiger partial charge >= 0.3 is 0 Å². The van der Waals surface area contributed by atoms with Gasteiger partial charge in [-0.2, -0.15) is 0 Å². The molecule has 98 valence electrons. The van der Waals surface area contributed by atoms with Crippen molar-refractivity contribution in [2.24, 2.45) is 5.73 Å². The topological polar surface area (TPSA) is 47.3 Å². The number of nitrogens with one attached hydrogen (secondary N) is 1. The van der Waals surface area contributed by atoms with Crippen LogP contribution in [0.15, 0.2) is 18.2 Å². The fourth-order valence-corrected chi connectivity index (χ4v) is 2.46. The lowest BCUT2D eigenvalue weighted by Gasteiger charge is -2.24. The van der Waals surface area contributed by atoms with E-state index in [9.17, 15) is 0 Å². The highest BCUT2D eigenvalue weighted by molar-refractivity contribution is 7.80. The Kier molecular flexibility index (Phi) is 4.55. The van der Waals surface area contributed by atoms with E-state index >= 15 is 0 Å². The maximum Gasteiger partial charge on any atom is 0.106 e. The number of aryl methyl sites for hydroxylation is 1. The van der Waals surface area contributed by atoms with Gasteiger partial charge in [-0.3, -0.25) is 0 Å². The zero-order chi connectivity index (χ0) is 13.0. The van der Waals surface area contributed by atoms with Crippen molar-refractivity contribution in [3.8, 4) is 0 Å². The van der Waals surface area contributed by atoms with E-state index in [-0.39, 0.29) is 0 Å². The van der Waals surface area contributed by atoms with Crippen LogP contribution < -0.4 is 11.1 Å². The van der Waals surface area contributed by atoms with Crippen LogP contribution in [0.3, 0.4) is 0 Å². The molecule has 1 fully saturated rings. The van der Waals surface area contributed by atoms with Crippen LogP contribution >= 0.6 is 12.2 Å². The van der Waals surface area contributed by atoms with Gasteiger partial charge in [-0.25, -0.2) is 0 Å². The monoisotopic (exact) mass is 264 g/mol. The molecule has 0 amide bonds. The zero-order valence-corrected chi connectivity index (χ0v) is 11.6. The highest BCUT2D eigenvalue weighted by atomic mass is 32.1. The van der Waals surface area contributed by atoms with E-state index < -0.39 is 0 Å². The standard InChI is InChI=1S/C14H20N2OS/c1-10-5-4-7-12(14(15)18)13(10)16-9-11-6-2-3-8-17-11/h4-5,7,11,16H,2-3,6,8-9H2,1H3,(H2,15,18). The third-order valence-corrected chi connectivity index (χ3v) is 3.54. The van der Waals surface area contributed by atoms with Crippen LogP contribution in [0.1, 0.15) is 30.4 Å². The van der Waals surface area contributed by atoms with Crippen molar-refractivity contribution in [1.29, 1.82) is 0 Å². The summed E-state index contributed by atoms with van der Waals surface area (Å²) in [6.07, 6.45) is 3.86. The Labute approximate surface area is 114 Å². The molecule has 3 N–H and O–H groups in total. The molecule has 1 aliphatic rings. The lowest BCUT2D eigenvalue weighted by Crippen LogP contribution is -2.28. The molecule has 0 saturated carbocycles. The van der Waals surface area contributed by atoms with Crippen LogP contribution in [0.4, 0.5) is 5.69 Å². The second-order valence-electron chi connectivity index (χ2n) is 4.73. The maximum atomic E-state index is 5.75. The number of hydrogen-bond donors (Lipinski definition) is 2. The van der Waals surface area contributed by atoms with E-state index in [0.29, 0.717) is 11.1 Å². The highest BCUT2D eigenvalue weighted by Gasteiger charge is 2.15. The van der Waals surface area contributed by atoms with E-state index in [0.717, 1.165) is 36.4 Å². The number of thiocarbonyl (C=S) groups is 1. The van der Waals surface area contributed by atoms with E-state index in [2.05, 4.69) is 18.3 Å². The number of hydrogen-bond acceptors (Lipinski definition) is 3. The van der Waals surface area contributed by atoms with Crippen LogP contribution in [0, 0.1) is 6.92 Å². The van der Waals surface area contributed by atoms with Gasteiger partial charge in [0, 0.05) is 24.4 Å². The maximum absolute atomic E-state index is 5.75. The number of ether oxygens (including phenoxy) is 1. The number of nitrogens with two attached hydrogens (primary N) is 1. The van der Waals surface area contributed by atoms with Gasteiger partial charge in [0.15, 0.2) is 0 Å². The fraction of sp³-hybridized carbons (Fsp3) is 0.500. The van der Waals surface area contributed by atoms with Crippen LogP contribution in [0.5, 0.6) is 0 Å². The minimum atomic E-state index is 0.303. The fourth-order valence-electron chi connectivity index (χ4n) is 2.29. The average Bonchev–Trinajstić information content (AvgIpc) is 2.38. The normalized spacial score (nSPS) is 19.5. The lowest BCUT2D eigenvalue weighted by atomic mass is 10.1. The molecular weight excluding hydrogens is 244 g/mol.